The summed E-state index contributed by atoms with van der Waals surface area (Å²) in [5, 5.41) is 12.4. The second kappa shape index (κ2) is 5.89. The van der Waals surface area contributed by atoms with Crippen LogP contribution in [0.15, 0.2) is 27.1 Å². The van der Waals surface area contributed by atoms with Crippen molar-refractivity contribution < 1.29 is 19.1 Å². The van der Waals surface area contributed by atoms with E-state index in [1.807, 2.05) is 19.1 Å². The summed E-state index contributed by atoms with van der Waals surface area (Å²) in [5.74, 6) is -1.71. The Morgan fingerprint density at radius 2 is 1.95 bits per heavy atom. The first kappa shape index (κ1) is 15.6. The number of aliphatic carboxylic acids is 1. The largest absolute Gasteiger partial charge is 0.480 e. The smallest absolute Gasteiger partial charge is 0.326 e. The summed E-state index contributed by atoms with van der Waals surface area (Å²) in [5.41, 5.74) is 1.61. The molecule has 0 spiro atoms. The van der Waals surface area contributed by atoms with E-state index in [4.69, 9.17) is 9.52 Å². The van der Waals surface area contributed by atoms with Gasteiger partial charge in [0.15, 0.2) is 5.76 Å². The molecule has 0 aliphatic carbocycles. The fourth-order valence-electron chi connectivity index (χ4n) is 2.09. The Kier molecular flexibility index (Phi) is 4.37. The number of rotatable bonds is 4. The van der Waals surface area contributed by atoms with Crippen LogP contribution in [0.5, 0.6) is 0 Å². The maximum Gasteiger partial charge on any atom is 0.326 e. The normalized spacial score (nSPS) is 12.6. The molecule has 1 aromatic heterocycles. The third kappa shape index (κ3) is 3.26. The van der Waals surface area contributed by atoms with Gasteiger partial charge in [0.05, 0.1) is 4.47 Å². The van der Waals surface area contributed by atoms with Crippen LogP contribution in [-0.4, -0.2) is 23.0 Å². The molecule has 0 aliphatic heterocycles. The van der Waals surface area contributed by atoms with E-state index in [1.54, 1.807) is 19.9 Å². The first-order valence-corrected chi connectivity index (χ1v) is 7.32. The number of carboxylic acid groups (broad SMARTS) is 1. The summed E-state index contributed by atoms with van der Waals surface area (Å²) in [6.07, 6.45) is 0. The van der Waals surface area contributed by atoms with Crippen molar-refractivity contribution in [3.63, 3.8) is 0 Å². The molecule has 0 radical (unpaired) electrons. The third-order valence-corrected chi connectivity index (χ3v) is 3.75. The lowest BCUT2D eigenvalue weighted by atomic mass is 10.0. The van der Waals surface area contributed by atoms with E-state index in [2.05, 4.69) is 21.2 Å². The lowest BCUT2D eigenvalue weighted by molar-refractivity contribution is -0.140. The zero-order valence-corrected chi connectivity index (χ0v) is 13.5. The van der Waals surface area contributed by atoms with Gasteiger partial charge in [-0.2, -0.15) is 0 Å². The molecule has 6 heteroatoms. The van der Waals surface area contributed by atoms with Gasteiger partial charge in [-0.05, 0) is 52.5 Å². The van der Waals surface area contributed by atoms with Crippen molar-refractivity contribution in [3.05, 3.63) is 34.0 Å². The van der Waals surface area contributed by atoms with Crippen LogP contribution in [0.2, 0.25) is 0 Å². The zero-order chi connectivity index (χ0) is 15.7. The first-order valence-electron chi connectivity index (χ1n) is 6.53. The lowest BCUT2D eigenvalue weighted by Crippen LogP contribution is -2.44. The van der Waals surface area contributed by atoms with Crippen LogP contribution in [0.4, 0.5) is 0 Å². The average molecular weight is 354 g/mol. The van der Waals surface area contributed by atoms with Crippen molar-refractivity contribution in [1.82, 2.24) is 5.32 Å². The van der Waals surface area contributed by atoms with Gasteiger partial charge in [-0.15, -0.1) is 0 Å². The van der Waals surface area contributed by atoms with Crippen LogP contribution >= 0.6 is 15.9 Å². The van der Waals surface area contributed by atoms with E-state index in [0.29, 0.717) is 5.58 Å². The highest BCUT2D eigenvalue weighted by molar-refractivity contribution is 9.10. The fourth-order valence-corrected chi connectivity index (χ4v) is 2.76. The molecule has 1 aromatic carbocycles. The number of hydrogen-bond acceptors (Lipinski definition) is 3. The second-order valence-electron chi connectivity index (χ2n) is 5.31. The molecule has 2 N–H and O–H groups in total. The Balaban J connectivity index is 2.31. The molecule has 0 aliphatic rings. The molecule has 112 valence electrons. The minimum Gasteiger partial charge on any atom is -0.480 e. The van der Waals surface area contributed by atoms with Crippen molar-refractivity contribution >= 4 is 38.8 Å². The number of benzene rings is 1. The summed E-state index contributed by atoms with van der Waals surface area (Å²) in [6.45, 7) is 5.41. The van der Waals surface area contributed by atoms with Crippen molar-refractivity contribution in [2.75, 3.05) is 0 Å². The summed E-state index contributed by atoms with van der Waals surface area (Å²) in [4.78, 5) is 23.3. The summed E-state index contributed by atoms with van der Waals surface area (Å²) >= 11 is 3.39. The predicted octanol–water partition coefficient (Wildman–Crippen LogP) is 3.34. The Hall–Kier alpha value is -1.82. The number of carbonyl (C=O) groups excluding carboxylic acids is 1. The van der Waals surface area contributed by atoms with E-state index in [9.17, 15) is 9.59 Å². The third-order valence-electron chi connectivity index (χ3n) is 3.16. The molecule has 0 saturated carbocycles. The number of aryl methyl sites for hydroxylation is 1. The molecule has 0 unspecified atom stereocenters. The zero-order valence-electron chi connectivity index (χ0n) is 11.9. The van der Waals surface area contributed by atoms with Crippen LogP contribution in [0.25, 0.3) is 11.0 Å². The number of carbonyl (C=O) groups is 2. The van der Waals surface area contributed by atoms with E-state index in [1.165, 1.54) is 0 Å². The van der Waals surface area contributed by atoms with Crippen LogP contribution in [0.1, 0.15) is 30.0 Å². The van der Waals surface area contributed by atoms with Crippen LogP contribution < -0.4 is 5.32 Å². The van der Waals surface area contributed by atoms with Gasteiger partial charge in [-0.3, -0.25) is 4.79 Å². The van der Waals surface area contributed by atoms with Crippen molar-refractivity contribution in [3.8, 4) is 0 Å². The Morgan fingerprint density at radius 3 is 2.52 bits per heavy atom. The SMILES string of the molecule is Cc1cc(Br)c2oc(C(=O)N[C@@H](C(=O)O)C(C)C)cc2c1. The molecule has 1 atom stereocenters. The van der Waals surface area contributed by atoms with Gasteiger partial charge in [0.25, 0.3) is 5.91 Å². The molecule has 1 heterocycles. The summed E-state index contributed by atoms with van der Waals surface area (Å²) in [6, 6.07) is 4.46. The number of fused-ring (bicyclic) bond motifs is 1. The first-order chi connectivity index (χ1) is 9.79. The molecule has 1 amide bonds. The van der Waals surface area contributed by atoms with Crippen LogP contribution in [-0.2, 0) is 4.79 Å². The molecular weight excluding hydrogens is 338 g/mol. The van der Waals surface area contributed by atoms with E-state index in [0.717, 1.165) is 15.4 Å². The Labute approximate surface area is 130 Å². The molecular formula is C15H16BrNO4. The number of amides is 1. The monoisotopic (exact) mass is 353 g/mol. The maximum atomic E-state index is 12.1. The number of furan rings is 1. The number of hydrogen-bond donors (Lipinski definition) is 2. The lowest BCUT2D eigenvalue weighted by Gasteiger charge is -2.16. The number of nitrogens with one attached hydrogen (secondary N) is 1. The van der Waals surface area contributed by atoms with Gasteiger partial charge >= 0.3 is 5.97 Å². The van der Waals surface area contributed by atoms with E-state index < -0.39 is 17.9 Å². The van der Waals surface area contributed by atoms with Crippen molar-refractivity contribution in [2.45, 2.75) is 26.8 Å². The average Bonchev–Trinajstić information content (AvgIpc) is 2.78. The van der Waals surface area contributed by atoms with E-state index >= 15 is 0 Å². The van der Waals surface area contributed by atoms with Crippen LogP contribution in [0, 0.1) is 12.8 Å². The molecule has 5 nitrogen and oxygen atoms in total. The van der Waals surface area contributed by atoms with Gasteiger partial charge in [0, 0.05) is 5.39 Å². The van der Waals surface area contributed by atoms with Crippen molar-refractivity contribution in [2.24, 2.45) is 5.92 Å². The maximum absolute atomic E-state index is 12.1. The van der Waals surface area contributed by atoms with Gasteiger partial charge in [0.2, 0.25) is 0 Å². The molecule has 0 saturated heterocycles. The highest BCUT2D eigenvalue weighted by Gasteiger charge is 2.25. The highest BCUT2D eigenvalue weighted by Crippen LogP contribution is 2.28. The minimum atomic E-state index is -1.06. The molecule has 2 aromatic rings. The Morgan fingerprint density at radius 1 is 1.29 bits per heavy atom. The van der Waals surface area contributed by atoms with Gasteiger partial charge in [-0.25, -0.2) is 4.79 Å². The Bertz CT molecular complexity index is 705. The second-order valence-corrected chi connectivity index (χ2v) is 6.16. The van der Waals surface area contributed by atoms with Gasteiger partial charge < -0.3 is 14.8 Å². The number of halogens is 1. The summed E-state index contributed by atoms with van der Waals surface area (Å²) in [7, 11) is 0. The van der Waals surface area contributed by atoms with Gasteiger partial charge in [0.1, 0.15) is 11.6 Å². The standard InChI is InChI=1S/C15H16BrNO4/c1-7(2)12(15(19)20)17-14(18)11-6-9-4-8(3)5-10(16)13(9)21-11/h4-7,12H,1-3H3,(H,17,18)(H,19,20)/t12-/m1/s1. The molecule has 0 fully saturated rings. The minimum absolute atomic E-state index is 0.100. The quantitative estimate of drug-likeness (QED) is 0.883. The van der Waals surface area contributed by atoms with Crippen molar-refractivity contribution in [1.29, 1.82) is 0 Å². The topological polar surface area (TPSA) is 79.5 Å². The number of carboxylic acids is 1. The summed E-state index contributed by atoms with van der Waals surface area (Å²) < 4.78 is 6.28. The fraction of sp³-hybridized carbons (Fsp3) is 0.333. The highest BCUT2D eigenvalue weighted by atomic mass is 79.9. The molecule has 2 rings (SSSR count). The van der Waals surface area contributed by atoms with Crippen LogP contribution in [0.3, 0.4) is 0 Å². The predicted molar refractivity (Wildman–Crippen MR) is 82.4 cm³/mol. The molecule has 0 bridgehead atoms. The van der Waals surface area contributed by atoms with E-state index in [-0.39, 0.29) is 11.7 Å². The molecule has 21 heavy (non-hydrogen) atoms. The van der Waals surface area contributed by atoms with Gasteiger partial charge in [-0.1, -0.05) is 13.8 Å².